The van der Waals surface area contributed by atoms with Gasteiger partial charge in [0.25, 0.3) is 0 Å². The number of carbonyl (C=O) groups is 2. The van der Waals surface area contributed by atoms with Crippen LogP contribution in [0.1, 0.15) is 51.9 Å². The molecule has 0 aromatic heterocycles. The molecule has 0 spiro atoms. The van der Waals surface area contributed by atoms with E-state index in [1.165, 1.54) is 6.92 Å². The zero-order chi connectivity index (χ0) is 27.5. The van der Waals surface area contributed by atoms with E-state index < -0.39 is 86.4 Å². The number of aliphatic carboxylic acids is 1. The second-order valence-electron chi connectivity index (χ2n) is 9.38. The van der Waals surface area contributed by atoms with Gasteiger partial charge in [0.2, 0.25) is 5.91 Å². The van der Waals surface area contributed by atoms with Crippen LogP contribution in [0.15, 0.2) is 0 Å². The molecule has 14 heteroatoms. The van der Waals surface area contributed by atoms with Crippen molar-refractivity contribution in [3.8, 4) is 0 Å². The number of amides is 1. The molecule has 14 nitrogen and oxygen atoms in total. The first-order valence-electron chi connectivity index (χ1n) is 12.6. The standard InChI is InChI=1S/C23H41NO13/c1-12(27)24-16-21(37-23-20(33)19(32)17(30)13(10-25)36-23)18(31)14(11-26)35-22(16)34-9-7-5-3-2-4-6-8-15(28)29/h13-14,16-23,25-26,30-33H,2-11H2,1H3,(H,24,27)(H,28,29)/t13-,14-,16+,17+,18+,19+,20-,21-,22+,23+/m1/s1. The molecular formula is C23H41NO13. The zero-order valence-corrected chi connectivity index (χ0v) is 20.9. The molecular weight excluding hydrogens is 498 g/mol. The van der Waals surface area contributed by atoms with Crippen molar-refractivity contribution >= 4 is 11.9 Å². The third-order valence-electron chi connectivity index (χ3n) is 6.43. The summed E-state index contributed by atoms with van der Waals surface area (Å²) < 4.78 is 22.6. The molecule has 8 N–H and O–H groups in total. The Morgan fingerprint density at radius 3 is 1.95 bits per heavy atom. The number of hydrogen-bond acceptors (Lipinski definition) is 12. The van der Waals surface area contributed by atoms with Crippen molar-refractivity contribution in [3.05, 3.63) is 0 Å². The van der Waals surface area contributed by atoms with Crippen molar-refractivity contribution in [2.45, 2.75) is 113 Å². The molecule has 0 saturated carbocycles. The average molecular weight is 540 g/mol. The molecule has 0 radical (unpaired) electrons. The summed E-state index contributed by atoms with van der Waals surface area (Å²) in [5.41, 5.74) is 0. The van der Waals surface area contributed by atoms with Gasteiger partial charge in [0.05, 0.1) is 13.2 Å². The van der Waals surface area contributed by atoms with Crippen LogP contribution < -0.4 is 5.32 Å². The number of carboxylic acid groups (broad SMARTS) is 1. The monoisotopic (exact) mass is 539 g/mol. The van der Waals surface area contributed by atoms with Crippen LogP contribution in [0, 0.1) is 0 Å². The molecule has 0 aromatic carbocycles. The lowest BCUT2D eigenvalue weighted by Crippen LogP contribution is -2.68. The van der Waals surface area contributed by atoms with Gasteiger partial charge >= 0.3 is 5.97 Å². The van der Waals surface area contributed by atoms with Crippen molar-refractivity contribution in [2.75, 3.05) is 19.8 Å². The van der Waals surface area contributed by atoms with Gasteiger partial charge in [-0.3, -0.25) is 9.59 Å². The maximum atomic E-state index is 11.9. The lowest BCUT2D eigenvalue weighted by molar-refractivity contribution is -0.344. The quantitative estimate of drug-likeness (QED) is 0.102. The van der Waals surface area contributed by atoms with E-state index in [1.807, 2.05) is 0 Å². The van der Waals surface area contributed by atoms with Gasteiger partial charge in [-0.2, -0.15) is 0 Å². The minimum absolute atomic E-state index is 0.150. The van der Waals surface area contributed by atoms with E-state index in [1.54, 1.807) is 0 Å². The number of rotatable bonds is 15. The van der Waals surface area contributed by atoms with E-state index >= 15 is 0 Å². The van der Waals surface area contributed by atoms with Gasteiger partial charge in [-0.25, -0.2) is 0 Å². The topological polar surface area (TPSA) is 225 Å². The fourth-order valence-electron chi connectivity index (χ4n) is 4.38. The number of nitrogens with one attached hydrogen (secondary N) is 1. The average Bonchev–Trinajstić information content (AvgIpc) is 2.85. The first-order valence-corrected chi connectivity index (χ1v) is 12.6. The normalized spacial score (nSPS) is 36.3. The minimum Gasteiger partial charge on any atom is -0.481 e. The van der Waals surface area contributed by atoms with Gasteiger partial charge in [-0.05, 0) is 12.8 Å². The summed E-state index contributed by atoms with van der Waals surface area (Å²) in [4.78, 5) is 22.5. The molecule has 2 aliphatic heterocycles. The van der Waals surface area contributed by atoms with Gasteiger partial charge in [0.1, 0.15) is 48.8 Å². The summed E-state index contributed by atoms with van der Waals surface area (Å²) in [6.07, 6.45) is -8.24. The number of hydrogen-bond donors (Lipinski definition) is 8. The molecule has 0 bridgehead atoms. The fourth-order valence-corrected chi connectivity index (χ4v) is 4.38. The Kier molecular flexibility index (Phi) is 13.6. The highest BCUT2D eigenvalue weighted by Crippen LogP contribution is 2.30. The van der Waals surface area contributed by atoms with Crippen LogP contribution >= 0.6 is 0 Å². The molecule has 37 heavy (non-hydrogen) atoms. The number of aliphatic hydroxyl groups is 6. The Labute approximate surface area is 215 Å². The second kappa shape index (κ2) is 15.8. The van der Waals surface area contributed by atoms with E-state index in [4.69, 9.17) is 24.1 Å². The van der Waals surface area contributed by atoms with Crippen LogP contribution in [0.3, 0.4) is 0 Å². The first kappa shape index (κ1) is 31.8. The van der Waals surface area contributed by atoms with Gasteiger partial charge in [-0.1, -0.05) is 25.7 Å². The van der Waals surface area contributed by atoms with Crippen molar-refractivity contribution in [1.29, 1.82) is 0 Å². The van der Waals surface area contributed by atoms with E-state index in [0.29, 0.717) is 12.8 Å². The van der Waals surface area contributed by atoms with E-state index in [0.717, 1.165) is 25.7 Å². The summed E-state index contributed by atoms with van der Waals surface area (Å²) in [6, 6.07) is -1.10. The predicted octanol–water partition coefficient (Wildman–Crippen LogP) is -2.41. The van der Waals surface area contributed by atoms with Crippen LogP contribution in [0.2, 0.25) is 0 Å². The maximum Gasteiger partial charge on any atom is 0.303 e. The molecule has 2 fully saturated rings. The Morgan fingerprint density at radius 1 is 0.784 bits per heavy atom. The highest BCUT2D eigenvalue weighted by Gasteiger charge is 2.51. The summed E-state index contributed by atoms with van der Waals surface area (Å²) >= 11 is 0. The van der Waals surface area contributed by atoms with Crippen LogP contribution in [-0.4, -0.2) is 129 Å². The molecule has 2 aliphatic rings. The van der Waals surface area contributed by atoms with Crippen LogP contribution in [-0.2, 0) is 28.5 Å². The highest BCUT2D eigenvalue weighted by molar-refractivity contribution is 5.73. The Hall–Kier alpha value is -1.46. The molecule has 2 heterocycles. The van der Waals surface area contributed by atoms with Crippen molar-refractivity contribution in [1.82, 2.24) is 5.32 Å². The highest BCUT2D eigenvalue weighted by atomic mass is 16.7. The molecule has 0 aromatic rings. The lowest BCUT2D eigenvalue weighted by Gasteiger charge is -2.47. The largest absolute Gasteiger partial charge is 0.481 e. The number of ether oxygens (including phenoxy) is 4. The van der Waals surface area contributed by atoms with Gasteiger partial charge in [-0.15, -0.1) is 0 Å². The van der Waals surface area contributed by atoms with E-state index in [2.05, 4.69) is 5.32 Å². The zero-order valence-electron chi connectivity index (χ0n) is 20.9. The van der Waals surface area contributed by atoms with Crippen LogP contribution in [0.25, 0.3) is 0 Å². The fraction of sp³-hybridized carbons (Fsp3) is 0.913. The van der Waals surface area contributed by atoms with Gasteiger partial charge in [0.15, 0.2) is 12.6 Å². The molecule has 2 saturated heterocycles. The lowest BCUT2D eigenvalue weighted by atomic mass is 9.95. The third kappa shape index (κ3) is 9.35. The maximum absolute atomic E-state index is 11.9. The summed E-state index contributed by atoms with van der Waals surface area (Å²) in [5.74, 6) is -1.31. The van der Waals surface area contributed by atoms with Crippen molar-refractivity contribution in [2.24, 2.45) is 0 Å². The summed E-state index contributed by atoms with van der Waals surface area (Å²) in [5, 5.41) is 71.6. The number of aliphatic hydroxyl groups excluding tert-OH is 6. The minimum atomic E-state index is -1.74. The summed E-state index contributed by atoms with van der Waals surface area (Å²) in [7, 11) is 0. The van der Waals surface area contributed by atoms with E-state index in [9.17, 15) is 40.2 Å². The molecule has 0 aliphatic carbocycles. The number of carbonyl (C=O) groups excluding carboxylic acids is 1. The Morgan fingerprint density at radius 2 is 1.35 bits per heavy atom. The molecule has 1 amide bonds. The van der Waals surface area contributed by atoms with E-state index in [-0.39, 0.29) is 13.0 Å². The molecule has 0 unspecified atom stereocenters. The second-order valence-corrected chi connectivity index (χ2v) is 9.38. The van der Waals surface area contributed by atoms with Crippen LogP contribution in [0.4, 0.5) is 0 Å². The third-order valence-corrected chi connectivity index (χ3v) is 6.43. The number of unbranched alkanes of at least 4 members (excludes halogenated alkanes) is 5. The molecule has 10 atom stereocenters. The summed E-state index contributed by atoms with van der Waals surface area (Å²) in [6.45, 7) is 0.160. The van der Waals surface area contributed by atoms with Crippen LogP contribution in [0.5, 0.6) is 0 Å². The predicted molar refractivity (Wildman–Crippen MR) is 124 cm³/mol. The molecule has 216 valence electrons. The smallest absolute Gasteiger partial charge is 0.303 e. The first-order chi connectivity index (χ1) is 17.6. The molecule has 2 rings (SSSR count). The van der Waals surface area contributed by atoms with Gasteiger partial charge in [0, 0.05) is 20.0 Å². The van der Waals surface area contributed by atoms with Gasteiger partial charge < -0.3 is 60.0 Å². The number of carboxylic acids is 1. The van der Waals surface area contributed by atoms with Crippen molar-refractivity contribution < 1.29 is 64.3 Å². The Bertz CT molecular complexity index is 696. The van der Waals surface area contributed by atoms with Crippen molar-refractivity contribution in [3.63, 3.8) is 0 Å². The Balaban J connectivity index is 2.01. The SMILES string of the molecule is CC(=O)N[C@@H]1[C@@H](OCCCCCCCCC(=O)O)O[C@H](CO)[C@H](O)[C@@H]1O[C@@H]1O[C@H](CO)[C@H](O)[C@H](O)[C@H]1O.